The highest BCUT2D eigenvalue weighted by Gasteiger charge is 2.34. The molecular formula is C14H24N4O3S. The van der Waals surface area contributed by atoms with Gasteiger partial charge in [-0.25, -0.2) is 8.42 Å². The predicted molar refractivity (Wildman–Crippen MR) is 84.0 cm³/mol. The molecule has 1 aliphatic heterocycles. The molecule has 7 nitrogen and oxygen atoms in total. The van der Waals surface area contributed by atoms with E-state index in [1.807, 2.05) is 0 Å². The molecule has 124 valence electrons. The summed E-state index contributed by atoms with van der Waals surface area (Å²) in [4.78, 5) is 13.7. The number of hydrogen-bond acceptors (Lipinski definition) is 4. The molecule has 1 aromatic heterocycles. The van der Waals surface area contributed by atoms with E-state index in [-0.39, 0.29) is 16.8 Å². The fourth-order valence-corrected chi connectivity index (χ4v) is 4.55. The molecule has 2 N–H and O–H groups in total. The van der Waals surface area contributed by atoms with Crippen LogP contribution in [0.5, 0.6) is 0 Å². The molecule has 0 saturated carbocycles. The number of aryl methyl sites for hydroxylation is 1. The van der Waals surface area contributed by atoms with Gasteiger partial charge < -0.3 is 15.2 Å². The normalized spacial score (nSPS) is 20.1. The summed E-state index contributed by atoms with van der Waals surface area (Å²) in [5.41, 5.74) is 6.07. The fourth-order valence-electron chi connectivity index (χ4n) is 2.78. The Morgan fingerprint density at radius 2 is 2.09 bits per heavy atom. The SMILES string of the molecule is CN(C)C(=O)c1cc(S(=O)(=O)N2CCCCC2CN)cn1C. The van der Waals surface area contributed by atoms with Crippen molar-refractivity contribution in [3.63, 3.8) is 0 Å². The first-order valence-electron chi connectivity index (χ1n) is 7.39. The minimum absolute atomic E-state index is 0.153. The molecule has 0 aromatic carbocycles. The third kappa shape index (κ3) is 3.04. The monoisotopic (exact) mass is 328 g/mol. The number of rotatable bonds is 4. The summed E-state index contributed by atoms with van der Waals surface area (Å²) in [7, 11) is 1.33. The van der Waals surface area contributed by atoms with Crippen LogP contribution in [0.4, 0.5) is 0 Å². The molecule has 8 heteroatoms. The summed E-state index contributed by atoms with van der Waals surface area (Å²) in [6.45, 7) is 0.797. The zero-order valence-corrected chi connectivity index (χ0v) is 14.1. The molecule has 0 aliphatic carbocycles. The molecule has 1 amide bonds. The summed E-state index contributed by atoms with van der Waals surface area (Å²) < 4.78 is 28.7. The van der Waals surface area contributed by atoms with Crippen LogP contribution >= 0.6 is 0 Å². The van der Waals surface area contributed by atoms with Gasteiger partial charge in [-0.1, -0.05) is 6.42 Å². The Morgan fingerprint density at radius 3 is 2.68 bits per heavy atom. The summed E-state index contributed by atoms with van der Waals surface area (Å²) in [6, 6.07) is 1.28. The van der Waals surface area contributed by atoms with Crippen LogP contribution < -0.4 is 5.73 Å². The Kier molecular flexibility index (Phi) is 4.93. The molecule has 2 rings (SSSR count). The molecular weight excluding hydrogens is 304 g/mol. The summed E-state index contributed by atoms with van der Waals surface area (Å²) in [6.07, 6.45) is 4.11. The number of nitrogens with zero attached hydrogens (tertiary/aromatic N) is 3. The van der Waals surface area contributed by atoms with E-state index in [0.717, 1.165) is 19.3 Å². The van der Waals surface area contributed by atoms with Gasteiger partial charge >= 0.3 is 0 Å². The molecule has 1 aromatic rings. The van der Waals surface area contributed by atoms with Crippen LogP contribution in [0, 0.1) is 0 Å². The van der Waals surface area contributed by atoms with Crippen molar-refractivity contribution < 1.29 is 13.2 Å². The standard InChI is InChI=1S/C14H24N4O3S/c1-16(2)14(19)13-8-12(10-17(13)3)22(20,21)18-7-5-4-6-11(18)9-15/h8,10-11H,4-7,9,15H2,1-3H3. The lowest BCUT2D eigenvalue weighted by atomic mass is 10.1. The quantitative estimate of drug-likeness (QED) is 0.857. The molecule has 1 atom stereocenters. The van der Waals surface area contributed by atoms with Gasteiger partial charge in [0, 0.05) is 46.5 Å². The number of sulfonamides is 1. The second-order valence-corrected chi connectivity index (χ2v) is 7.76. The summed E-state index contributed by atoms with van der Waals surface area (Å²) >= 11 is 0. The largest absolute Gasteiger partial charge is 0.345 e. The van der Waals surface area contributed by atoms with Crippen molar-refractivity contribution in [2.24, 2.45) is 12.8 Å². The maximum atomic E-state index is 12.8. The maximum Gasteiger partial charge on any atom is 0.269 e. The van der Waals surface area contributed by atoms with Crippen LogP contribution in [0.2, 0.25) is 0 Å². The predicted octanol–water partition coefficient (Wildman–Crippen LogP) is 0.229. The number of amides is 1. The van der Waals surface area contributed by atoms with E-state index in [0.29, 0.717) is 18.8 Å². The lowest BCUT2D eigenvalue weighted by molar-refractivity contribution is 0.0818. The number of carbonyl (C=O) groups excluding carboxylic acids is 1. The molecule has 1 unspecified atom stereocenters. The van der Waals surface area contributed by atoms with Crippen LogP contribution in [0.15, 0.2) is 17.2 Å². The van der Waals surface area contributed by atoms with Crippen molar-refractivity contribution in [2.75, 3.05) is 27.2 Å². The Labute approximate surface area is 131 Å². The average molecular weight is 328 g/mol. The molecule has 1 fully saturated rings. The van der Waals surface area contributed by atoms with Gasteiger partial charge in [-0.2, -0.15) is 4.31 Å². The number of nitrogens with two attached hydrogens (primary N) is 1. The van der Waals surface area contributed by atoms with E-state index in [1.54, 1.807) is 25.7 Å². The van der Waals surface area contributed by atoms with Crippen molar-refractivity contribution in [1.29, 1.82) is 0 Å². The molecule has 2 heterocycles. The lowest BCUT2D eigenvalue weighted by Crippen LogP contribution is -2.47. The van der Waals surface area contributed by atoms with Crippen molar-refractivity contribution in [3.8, 4) is 0 Å². The number of aromatic nitrogens is 1. The van der Waals surface area contributed by atoms with E-state index in [2.05, 4.69) is 0 Å². The van der Waals surface area contributed by atoms with Crippen LogP contribution in [0.25, 0.3) is 0 Å². The van der Waals surface area contributed by atoms with E-state index in [1.165, 1.54) is 21.5 Å². The van der Waals surface area contributed by atoms with Crippen molar-refractivity contribution in [3.05, 3.63) is 18.0 Å². The Bertz CT molecular complexity index is 651. The van der Waals surface area contributed by atoms with E-state index in [9.17, 15) is 13.2 Å². The zero-order chi connectivity index (χ0) is 16.5. The van der Waals surface area contributed by atoms with Crippen LogP contribution in [0.3, 0.4) is 0 Å². The van der Waals surface area contributed by atoms with Gasteiger partial charge in [0.05, 0.1) is 0 Å². The van der Waals surface area contributed by atoms with Crippen molar-refractivity contribution >= 4 is 15.9 Å². The van der Waals surface area contributed by atoms with Gasteiger partial charge in [0.25, 0.3) is 5.91 Å². The van der Waals surface area contributed by atoms with Crippen LogP contribution in [0.1, 0.15) is 29.8 Å². The zero-order valence-electron chi connectivity index (χ0n) is 13.3. The second-order valence-electron chi connectivity index (χ2n) is 5.87. The Morgan fingerprint density at radius 1 is 1.41 bits per heavy atom. The highest BCUT2D eigenvalue weighted by Crippen LogP contribution is 2.26. The van der Waals surface area contributed by atoms with Gasteiger partial charge in [0.1, 0.15) is 10.6 Å². The highest BCUT2D eigenvalue weighted by atomic mass is 32.2. The summed E-state index contributed by atoms with van der Waals surface area (Å²) in [5.74, 6) is -0.224. The summed E-state index contributed by atoms with van der Waals surface area (Å²) in [5, 5.41) is 0. The van der Waals surface area contributed by atoms with Gasteiger partial charge in [0.15, 0.2) is 0 Å². The number of hydrogen-bond donors (Lipinski definition) is 1. The first-order chi connectivity index (χ1) is 10.3. The van der Waals surface area contributed by atoms with E-state index in [4.69, 9.17) is 5.73 Å². The third-order valence-corrected chi connectivity index (χ3v) is 5.97. The van der Waals surface area contributed by atoms with Gasteiger partial charge in [-0.3, -0.25) is 4.79 Å². The van der Waals surface area contributed by atoms with Gasteiger partial charge in [-0.05, 0) is 18.9 Å². The van der Waals surface area contributed by atoms with Gasteiger partial charge in [-0.15, -0.1) is 0 Å². The first kappa shape index (κ1) is 17.0. The fraction of sp³-hybridized carbons (Fsp3) is 0.643. The molecule has 1 aliphatic rings. The van der Waals surface area contributed by atoms with Crippen LogP contribution in [-0.4, -0.2) is 61.3 Å². The molecule has 22 heavy (non-hydrogen) atoms. The second kappa shape index (κ2) is 6.39. The van der Waals surface area contributed by atoms with E-state index < -0.39 is 10.0 Å². The number of carbonyl (C=O) groups is 1. The van der Waals surface area contributed by atoms with Crippen molar-refractivity contribution in [1.82, 2.24) is 13.8 Å². The molecule has 0 bridgehead atoms. The Balaban J connectivity index is 2.38. The maximum absolute atomic E-state index is 12.8. The average Bonchev–Trinajstić information content (AvgIpc) is 2.88. The van der Waals surface area contributed by atoms with Crippen molar-refractivity contribution in [2.45, 2.75) is 30.2 Å². The molecule has 1 saturated heterocycles. The topological polar surface area (TPSA) is 88.6 Å². The minimum atomic E-state index is -3.62. The minimum Gasteiger partial charge on any atom is -0.345 e. The Hall–Kier alpha value is -1.38. The smallest absolute Gasteiger partial charge is 0.269 e. The third-order valence-electron chi connectivity index (χ3n) is 4.06. The first-order valence-corrected chi connectivity index (χ1v) is 8.83. The lowest BCUT2D eigenvalue weighted by Gasteiger charge is -2.33. The highest BCUT2D eigenvalue weighted by molar-refractivity contribution is 7.89. The van der Waals surface area contributed by atoms with E-state index >= 15 is 0 Å². The van der Waals surface area contributed by atoms with Crippen LogP contribution in [-0.2, 0) is 17.1 Å². The molecule has 0 spiro atoms. The molecule has 0 radical (unpaired) electrons. The number of piperidine rings is 1. The van der Waals surface area contributed by atoms with Gasteiger partial charge in [0.2, 0.25) is 10.0 Å².